The van der Waals surface area contributed by atoms with Crippen molar-refractivity contribution in [2.24, 2.45) is 10.9 Å². The minimum absolute atomic E-state index is 0.00978. The first-order valence-corrected chi connectivity index (χ1v) is 8.34. The lowest BCUT2D eigenvalue weighted by Gasteiger charge is -2.39. The van der Waals surface area contributed by atoms with Crippen molar-refractivity contribution in [2.75, 3.05) is 40.3 Å². The molecule has 2 atom stereocenters. The molecule has 1 aliphatic rings. The van der Waals surface area contributed by atoms with E-state index in [1.807, 2.05) is 18.7 Å². The molecule has 1 aliphatic heterocycles. The van der Waals surface area contributed by atoms with E-state index in [1.165, 1.54) is 0 Å². The SMILES string of the molecule is C=CCNC(=NCC(=O)N(C)C)N1CCC(C)C(n2ccnc2)C1. The summed E-state index contributed by atoms with van der Waals surface area (Å²) in [6.45, 7) is 8.55. The highest BCUT2D eigenvalue weighted by Gasteiger charge is 2.29. The summed E-state index contributed by atoms with van der Waals surface area (Å²) in [5.41, 5.74) is 0. The van der Waals surface area contributed by atoms with Gasteiger partial charge in [0.1, 0.15) is 6.54 Å². The number of carbonyl (C=O) groups excluding carboxylic acids is 1. The molecular formula is C17H28N6O. The summed E-state index contributed by atoms with van der Waals surface area (Å²) >= 11 is 0. The highest BCUT2D eigenvalue weighted by atomic mass is 16.2. The molecule has 0 aliphatic carbocycles. The van der Waals surface area contributed by atoms with E-state index >= 15 is 0 Å². The van der Waals surface area contributed by atoms with Crippen LogP contribution < -0.4 is 5.32 Å². The first-order valence-electron chi connectivity index (χ1n) is 8.34. The van der Waals surface area contributed by atoms with E-state index in [4.69, 9.17) is 0 Å². The normalized spacial score (nSPS) is 21.5. The van der Waals surface area contributed by atoms with Crippen LogP contribution >= 0.6 is 0 Å². The Kier molecular flexibility index (Phi) is 6.40. The highest BCUT2D eigenvalue weighted by Crippen LogP contribution is 2.27. The van der Waals surface area contributed by atoms with Crippen LogP contribution in [-0.4, -0.2) is 71.5 Å². The third kappa shape index (κ3) is 4.59. The van der Waals surface area contributed by atoms with Crippen molar-refractivity contribution in [3.05, 3.63) is 31.4 Å². The highest BCUT2D eigenvalue weighted by molar-refractivity contribution is 5.85. The van der Waals surface area contributed by atoms with Gasteiger partial charge in [0.2, 0.25) is 5.91 Å². The average molecular weight is 332 g/mol. The van der Waals surface area contributed by atoms with E-state index in [0.717, 1.165) is 25.5 Å². The van der Waals surface area contributed by atoms with E-state index in [-0.39, 0.29) is 12.5 Å². The monoisotopic (exact) mass is 332 g/mol. The quantitative estimate of drug-likeness (QED) is 0.496. The fraction of sp³-hybridized carbons (Fsp3) is 0.588. The molecule has 1 amide bonds. The predicted molar refractivity (Wildman–Crippen MR) is 95.8 cm³/mol. The lowest BCUT2D eigenvalue weighted by molar-refractivity contribution is -0.127. The zero-order valence-corrected chi connectivity index (χ0v) is 14.9. The maximum Gasteiger partial charge on any atom is 0.243 e. The van der Waals surface area contributed by atoms with Crippen molar-refractivity contribution in [2.45, 2.75) is 19.4 Å². The summed E-state index contributed by atoms with van der Waals surface area (Å²) in [5.74, 6) is 1.33. The Hall–Kier alpha value is -2.31. The first kappa shape index (κ1) is 18.0. The van der Waals surface area contributed by atoms with Gasteiger partial charge in [0, 0.05) is 46.1 Å². The number of hydrogen-bond donors (Lipinski definition) is 1. The zero-order valence-electron chi connectivity index (χ0n) is 14.9. The number of rotatable bonds is 5. The van der Waals surface area contributed by atoms with Crippen LogP contribution in [0.1, 0.15) is 19.4 Å². The maximum atomic E-state index is 11.8. The molecule has 1 fully saturated rings. The fourth-order valence-corrected chi connectivity index (χ4v) is 2.81. The second-order valence-corrected chi connectivity index (χ2v) is 6.39. The van der Waals surface area contributed by atoms with Gasteiger partial charge in [-0.05, 0) is 12.3 Å². The van der Waals surface area contributed by atoms with Crippen LogP contribution in [0.15, 0.2) is 36.4 Å². The van der Waals surface area contributed by atoms with Crippen LogP contribution in [0.25, 0.3) is 0 Å². The number of amides is 1. The molecule has 2 rings (SSSR count). The molecule has 24 heavy (non-hydrogen) atoms. The van der Waals surface area contributed by atoms with E-state index < -0.39 is 0 Å². The molecule has 7 heteroatoms. The summed E-state index contributed by atoms with van der Waals surface area (Å²) in [7, 11) is 3.48. The number of carbonyl (C=O) groups is 1. The largest absolute Gasteiger partial charge is 0.353 e. The lowest BCUT2D eigenvalue weighted by Crippen LogP contribution is -2.49. The Morgan fingerprint density at radius 3 is 2.96 bits per heavy atom. The van der Waals surface area contributed by atoms with Gasteiger partial charge >= 0.3 is 0 Å². The number of aliphatic imine (C=N–C) groups is 1. The Morgan fingerprint density at radius 1 is 1.54 bits per heavy atom. The molecule has 1 aromatic rings. The van der Waals surface area contributed by atoms with Gasteiger partial charge in [-0.1, -0.05) is 13.0 Å². The number of likely N-dealkylation sites (tertiary alicyclic amines) is 1. The molecule has 7 nitrogen and oxygen atoms in total. The average Bonchev–Trinajstić information content (AvgIpc) is 3.09. The van der Waals surface area contributed by atoms with Crippen molar-refractivity contribution >= 4 is 11.9 Å². The molecule has 0 spiro atoms. The van der Waals surface area contributed by atoms with Crippen LogP contribution in [0.2, 0.25) is 0 Å². The van der Waals surface area contributed by atoms with Crippen molar-refractivity contribution in [3.63, 3.8) is 0 Å². The van der Waals surface area contributed by atoms with E-state index in [9.17, 15) is 4.79 Å². The zero-order chi connectivity index (χ0) is 17.5. The molecule has 0 aromatic carbocycles. The van der Waals surface area contributed by atoms with Crippen LogP contribution in [0.4, 0.5) is 0 Å². The van der Waals surface area contributed by atoms with E-state index in [2.05, 4.69) is 38.3 Å². The molecule has 2 heterocycles. The van der Waals surface area contributed by atoms with Gasteiger partial charge in [-0.15, -0.1) is 6.58 Å². The lowest BCUT2D eigenvalue weighted by atomic mass is 9.93. The van der Waals surface area contributed by atoms with Crippen LogP contribution in [0, 0.1) is 5.92 Å². The molecule has 0 saturated carbocycles. The number of nitrogens with zero attached hydrogens (tertiary/aromatic N) is 5. The number of likely N-dealkylation sites (N-methyl/N-ethyl adjacent to an activating group) is 1. The number of nitrogens with one attached hydrogen (secondary N) is 1. The predicted octanol–water partition coefficient (Wildman–Crippen LogP) is 0.986. The smallest absolute Gasteiger partial charge is 0.243 e. The van der Waals surface area contributed by atoms with Gasteiger partial charge in [-0.25, -0.2) is 9.98 Å². The Bertz CT molecular complexity index is 566. The fourth-order valence-electron chi connectivity index (χ4n) is 2.81. The van der Waals surface area contributed by atoms with Gasteiger partial charge in [0.25, 0.3) is 0 Å². The van der Waals surface area contributed by atoms with Gasteiger partial charge in [0.05, 0.1) is 12.4 Å². The summed E-state index contributed by atoms with van der Waals surface area (Å²) < 4.78 is 2.16. The van der Waals surface area contributed by atoms with Crippen molar-refractivity contribution < 1.29 is 4.79 Å². The molecule has 1 saturated heterocycles. The Labute approximate surface area is 144 Å². The second kappa shape index (κ2) is 8.52. The molecule has 1 aromatic heterocycles. The summed E-state index contributed by atoms with van der Waals surface area (Å²) in [6, 6.07) is 0.349. The van der Waals surface area contributed by atoms with Crippen LogP contribution in [0.3, 0.4) is 0 Å². The van der Waals surface area contributed by atoms with E-state index in [0.29, 0.717) is 18.5 Å². The standard InChI is InChI=1S/C17H28N6O/c1-5-7-19-17(20-11-16(24)21(3)4)22-9-6-14(2)15(12-22)23-10-8-18-13-23/h5,8,10,13-15H,1,6-7,9,11-12H2,2-4H3,(H,19,20). The van der Waals surface area contributed by atoms with Gasteiger partial charge in [-0.2, -0.15) is 0 Å². The van der Waals surface area contributed by atoms with Gasteiger partial charge in [-0.3, -0.25) is 4.79 Å². The summed E-state index contributed by atoms with van der Waals surface area (Å²) in [5, 5.41) is 3.28. The first-order chi connectivity index (χ1) is 11.5. The molecule has 2 unspecified atom stereocenters. The van der Waals surface area contributed by atoms with E-state index in [1.54, 1.807) is 25.1 Å². The Balaban J connectivity index is 2.11. The number of hydrogen-bond acceptors (Lipinski definition) is 3. The number of imidazole rings is 1. The maximum absolute atomic E-state index is 11.8. The third-order valence-corrected chi connectivity index (χ3v) is 4.39. The minimum atomic E-state index is -0.00978. The molecule has 0 radical (unpaired) electrons. The number of guanidine groups is 1. The molecule has 0 bridgehead atoms. The molecule has 132 valence electrons. The van der Waals surface area contributed by atoms with Crippen molar-refractivity contribution in [3.8, 4) is 0 Å². The minimum Gasteiger partial charge on any atom is -0.353 e. The summed E-state index contributed by atoms with van der Waals surface area (Å²) in [6.07, 6.45) is 8.55. The van der Waals surface area contributed by atoms with Crippen LogP contribution in [-0.2, 0) is 4.79 Å². The number of aromatic nitrogens is 2. The van der Waals surface area contributed by atoms with Gasteiger partial charge in [0.15, 0.2) is 5.96 Å². The second-order valence-electron chi connectivity index (χ2n) is 6.39. The Morgan fingerprint density at radius 2 is 2.33 bits per heavy atom. The number of piperidine rings is 1. The van der Waals surface area contributed by atoms with Crippen molar-refractivity contribution in [1.82, 2.24) is 24.7 Å². The third-order valence-electron chi connectivity index (χ3n) is 4.39. The topological polar surface area (TPSA) is 65.8 Å². The molecular weight excluding hydrogens is 304 g/mol. The summed E-state index contributed by atoms with van der Waals surface area (Å²) in [4.78, 5) is 24.3. The van der Waals surface area contributed by atoms with Crippen molar-refractivity contribution in [1.29, 1.82) is 0 Å². The van der Waals surface area contributed by atoms with Gasteiger partial charge < -0.3 is 19.7 Å². The van der Waals surface area contributed by atoms with Crippen LogP contribution in [0.5, 0.6) is 0 Å². The molecule has 1 N–H and O–H groups in total.